The lowest BCUT2D eigenvalue weighted by Crippen LogP contribution is -1.96. The number of pyridine rings is 1. The molecule has 5 nitrogen and oxygen atoms in total. The van der Waals surface area contributed by atoms with Crippen LogP contribution in [0.3, 0.4) is 0 Å². The number of aromatic nitrogens is 1. The molecule has 0 unspecified atom stereocenters. The van der Waals surface area contributed by atoms with E-state index in [1.807, 2.05) is 6.07 Å². The molecule has 20 heavy (non-hydrogen) atoms. The number of ether oxygens (including phenoxy) is 2. The minimum absolute atomic E-state index is 0.194. The summed E-state index contributed by atoms with van der Waals surface area (Å²) in [6.45, 7) is 0. The quantitative estimate of drug-likeness (QED) is 0.848. The molecule has 0 saturated carbocycles. The van der Waals surface area contributed by atoms with Crippen LogP contribution < -0.4 is 15.2 Å². The van der Waals surface area contributed by atoms with Crippen LogP contribution in [0.4, 0.5) is 5.69 Å². The van der Waals surface area contributed by atoms with E-state index in [2.05, 4.69) is 36.8 Å². The molecule has 0 amide bonds. The molecule has 0 atom stereocenters. The molecule has 0 radical (unpaired) electrons. The molecule has 102 valence electrons. The normalized spacial score (nSPS) is 9.90. The average molecular weight is 399 g/mol. The highest BCUT2D eigenvalue weighted by molar-refractivity contribution is 9.11. The Bertz CT molecular complexity index is 699. The van der Waals surface area contributed by atoms with Gasteiger partial charge in [0.05, 0.1) is 27.9 Å². The highest BCUT2D eigenvalue weighted by Gasteiger charge is 2.12. The highest BCUT2D eigenvalue weighted by Crippen LogP contribution is 2.38. The lowest BCUT2D eigenvalue weighted by atomic mass is 10.2. The van der Waals surface area contributed by atoms with E-state index in [-0.39, 0.29) is 11.4 Å². The summed E-state index contributed by atoms with van der Waals surface area (Å²) in [6.07, 6.45) is 1.43. The van der Waals surface area contributed by atoms with Crippen molar-refractivity contribution in [3.05, 3.63) is 38.9 Å². The maximum Gasteiger partial charge on any atom is 0.237 e. The van der Waals surface area contributed by atoms with Crippen LogP contribution in [0.1, 0.15) is 5.56 Å². The first kappa shape index (κ1) is 14.6. The lowest BCUT2D eigenvalue weighted by molar-refractivity contribution is 0.408. The minimum Gasteiger partial charge on any atom is -0.496 e. The predicted molar refractivity (Wildman–Crippen MR) is 81.8 cm³/mol. The second-order valence-electron chi connectivity index (χ2n) is 3.75. The van der Waals surface area contributed by atoms with Crippen molar-refractivity contribution in [3.8, 4) is 23.4 Å². The van der Waals surface area contributed by atoms with Crippen LogP contribution in [-0.4, -0.2) is 12.1 Å². The predicted octanol–water partition coefficient (Wildman–Crippen LogP) is 3.86. The summed E-state index contributed by atoms with van der Waals surface area (Å²) >= 11 is 6.75. The van der Waals surface area contributed by atoms with Gasteiger partial charge in [0, 0.05) is 0 Å². The third kappa shape index (κ3) is 3.03. The molecule has 2 N–H and O–H groups in total. The van der Waals surface area contributed by atoms with E-state index in [9.17, 15) is 0 Å². The third-order valence-corrected chi connectivity index (χ3v) is 3.65. The zero-order valence-corrected chi connectivity index (χ0v) is 13.5. The van der Waals surface area contributed by atoms with Crippen molar-refractivity contribution in [2.75, 3.05) is 12.8 Å². The van der Waals surface area contributed by atoms with Crippen molar-refractivity contribution >= 4 is 37.5 Å². The van der Waals surface area contributed by atoms with E-state index in [0.29, 0.717) is 21.7 Å². The Hall–Kier alpha value is -1.78. The average Bonchev–Trinajstić information content (AvgIpc) is 2.44. The van der Waals surface area contributed by atoms with Crippen molar-refractivity contribution in [2.24, 2.45) is 0 Å². The van der Waals surface area contributed by atoms with E-state index < -0.39 is 0 Å². The molecular formula is C13H9Br2N3O2. The van der Waals surface area contributed by atoms with Gasteiger partial charge in [-0.15, -0.1) is 0 Å². The van der Waals surface area contributed by atoms with E-state index in [0.717, 1.165) is 4.47 Å². The number of nitriles is 1. The Morgan fingerprint density at radius 3 is 2.50 bits per heavy atom. The summed E-state index contributed by atoms with van der Waals surface area (Å²) in [5.74, 6) is 1.36. The van der Waals surface area contributed by atoms with Gasteiger partial charge in [-0.3, -0.25) is 0 Å². The number of methoxy groups -OCH3 is 1. The molecule has 1 heterocycles. The number of hydrogen-bond acceptors (Lipinski definition) is 5. The van der Waals surface area contributed by atoms with Crippen molar-refractivity contribution in [2.45, 2.75) is 0 Å². The summed E-state index contributed by atoms with van der Waals surface area (Å²) in [4.78, 5) is 4.02. The van der Waals surface area contributed by atoms with Crippen LogP contribution in [0.25, 0.3) is 0 Å². The molecular weight excluding hydrogens is 390 g/mol. The number of rotatable bonds is 3. The summed E-state index contributed by atoms with van der Waals surface area (Å²) in [5, 5.41) is 9.06. The maximum absolute atomic E-state index is 9.06. The van der Waals surface area contributed by atoms with E-state index in [1.54, 1.807) is 19.2 Å². The summed E-state index contributed by atoms with van der Waals surface area (Å²) in [6, 6.07) is 6.98. The Labute approximate surface area is 132 Å². The number of nitrogens with two attached hydrogens (primary N) is 1. The summed E-state index contributed by atoms with van der Waals surface area (Å²) < 4.78 is 12.2. The summed E-state index contributed by atoms with van der Waals surface area (Å²) in [7, 11) is 1.57. The molecule has 7 heteroatoms. The van der Waals surface area contributed by atoms with Gasteiger partial charge in [0.1, 0.15) is 23.1 Å². The van der Waals surface area contributed by atoms with Crippen LogP contribution in [0.15, 0.2) is 33.3 Å². The van der Waals surface area contributed by atoms with Gasteiger partial charge in [-0.25, -0.2) is 4.98 Å². The molecule has 0 aliphatic carbocycles. The SMILES string of the molecule is COc1cc(Br)c(Oc2ncc(N)cc2C#N)cc1Br. The topological polar surface area (TPSA) is 81.2 Å². The van der Waals surface area contributed by atoms with Crippen LogP contribution in [0.2, 0.25) is 0 Å². The van der Waals surface area contributed by atoms with Gasteiger partial charge in [0.2, 0.25) is 5.88 Å². The largest absolute Gasteiger partial charge is 0.496 e. The maximum atomic E-state index is 9.06. The molecule has 2 rings (SSSR count). The smallest absolute Gasteiger partial charge is 0.237 e. The second kappa shape index (κ2) is 6.11. The number of benzene rings is 1. The Balaban J connectivity index is 2.41. The first-order chi connectivity index (χ1) is 9.55. The molecule has 2 aromatic rings. The van der Waals surface area contributed by atoms with Gasteiger partial charge in [-0.1, -0.05) is 0 Å². The summed E-state index contributed by atoms with van der Waals surface area (Å²) in [5.41, 5.74) is 6.26. The fraction of sp³-hybridized carbons (Fsp3) is 0.0769. The number of hydrogen-bond donors (Lipinski definition) is 1. The van der Waals surface area contributed by atoms with Gasteiger partial charge >= 0.3 is 0 Å². The van der Waals surface area contributed by atoms with Crippen molar-refractivity contribution in [3.63, 3.8) is 0 Å². The first-order valence-corrected chi connectivity index (χ1v) is 7.00. The molecule has 0 fully saturated rings. The zero-order chi connectivity index (χ0) is 14.7. The lowest BCUT2D eigenvalue weighted by Gasteiger charge is -2.11. The number of halogens is 2. The van der Waals surface area contributed by atoms with Gasteiger partial charge < -0.3 is 15.2 Å². The van der Waals surface area contributed by atoms with Crippen molar-refractivity contribution < 1.29 is 9.47 Å². The minimum atomic E-state index is 0.194. The van der Waals surface area contributed by atoms with E-state index in [4.69, 9.17) is 20.5 Å². The molecule has 0 bridgehead atoms. The molecule has 0 aliphatic heterocycles. The molecule has 0 saturated heterocycles. The Morgan fingerprint density at radius 2 is 1.85 bits per heavy atom. The fourth-order valence-corrected chi connectivity index (χ4v) is 2.37. The van der Waals surface area contributed by atoms with Crippen molar-refractivity contribution in [1.82, 2.24) is 4.98 Å². The Kier molecular flexibility index (Phi) is 4.47. The Morgan fingerprint density at radius 1 is 1.20 bits per heavy atom. The number of nitrogens with zero attached hydrogens (tertiary/aromatic N) is 2. The van der Waals surface area contributed by atoms with Crippen LogP contribution in [-0.2, 0) is 0 Å². The standard InChI is InChI=1S/C13H9Br2N3O2/c1-19-11-3-10(15)12(4-9(11)14)20-13-7(5-16)2-8(17)6-18-13/h2-4,6H,17H2,1H3. The van der Waals surface area contributed by atoms with Crippen molar-refractivity contribution in [1.29, 1.82) is 5.26 Å². The van der Waals surface area contributed by atoms with Crippen LogP contribution in [0.5, 0.6) is 17.4 Å². The molecule has 0 spiro atoms. The molecule has 0 aliphatic rings. The van der Waals surface area contributed by atoms with E-state index in [1.165, 1.54) is 12.3 Å². The fourth-order valence-electron chi connectivity index (χ4n) is 1.48. The van der Waals surface area contributed by atoms with Crippen LogP contribution in [0, 0.1) is 11.3 Å². The van der Waals surface area contributed by atoms with Gasteiger partial charge in [-0.2, -0.15) is 5.26 Å². The zero-order valence-electron chi connectivity index (χ0n) is 10.4. The van der Waals surface area contributed by atoms with Gasteiger partial charge in [0.25, 0.3) is 0 Å². The number of nitrogen functional groups attached to an aromatic ring is 1. The number of anilines is 1. The van der Waals surface area contributed by atoms with Gasteiger partial charge in [0.15, 0.2) is 0 Å². The first-order valence-electron chi connectivity index (χ1n) is 5.41. The highest BCUT2D eigenvalue weighted by atomic mass is 79.9. The third-order valence-electron chi connectivity index (χ3n) is 2.41. The van der Waals surface area contributed by atoms with E-state index >= 15 is 0 Å². The monoisotopic (exact) mass is 397 g/mol. The molecule has 1 aromatic heterocycles. The second-order valence-corrected chi connectivity index (χ2v) is 5.46. The van der Waals surface area contributed by atoms with Gasteiger partial charge in [-0.05, 0) is 50.1 Å². The van der Waals surface area contributed by atoms with Crippen LogP contribution >= 0.6 is 31.9 Å². The molecule has 1 aromatic carbocycles.